The highest BCUT2D eigenvalue weighted by Crippen LogP contribution is 2.02. The molecule has 2 aromatic heterocycles. The molecule has 0 aliphatic rings. The van der Waals surface area contributed by atoms with E-state index in [0.29, 0.717) is 30.0 Å². The first-order valence-corrected chi connectivity index (χ1v) is 6.16. The third-order valence-corrected chi connectivity index (χ3v) is 2.47. The Morgan fingerprint density at radius 1 is 1.40 bits per heavy atom. The summed E-state index contributed by atoms with van der Waals surface area (Å²) in [5.41, 5.74) is 1.03. The first-order chi connectivity index (χ1) is 9.79. The van der Waals surface area contributed by atoms with Crippen molar-refractivity contribution in [2.45, 2.75) is 13.0 Å². The Morgan fingerprint density at radius 2 is 2.30 bits per heavy atom. The Bertz CT molecular complexity index is 607. The standard InChI is InChI=1S/C15H14N2O3/c18-8-2-1-4-12-6-7-14(16-10-12)15(19)17-11-13-5-3-9-20-13/h3,5-7,9-10,18H,2,8,11H2,(H,17,19). The number of hydrogen-bond acceptors (Lipinski definition) is 4. The van der Waals surface area contributed by atoms with E-state index in [1.807, 2.05) is 0 Å². The van der Waals surface area contributed by atoms with Crippen LogP contribution < -0.4 is 5.32 Å². The summed E-state index contributed by atoms with van der Waals surface area (Å²) in [5.74, 6) is 6.06. The van der Waals surface area contributed by atoms with Crippen LogP contribution in [-0.4, -0.2) is 22.6 Å². The highest BCUT2D eigenvalue weighted by molar-refractivity contribution is 5.92. The summed E-state index contributed by atoms with van der Waals surface area (Å²) in [7, 11) is 0. The zero-order chi connectivity index (χ0) is 14.2. The van der Waals surface area contributed by atoms with E-state index < -0.39 is 0 Å². The molecule has 1 amide bonds. The fourth-order valence-electron chi connectivity index (χ4n) is 1.49. The van der Waals surface area contributed by atoms with E-state index in [1.165, 1.54) is 6.20 Å². The summed E-state index contributed by atoms with van der Waals surface area (Å²) >= 11 is 0. The smallest absolute Gasteiger partial charge is 0.270 e. The fraction of sp³-hybridized carbons (Fsp3) is 0.200. The van der Waals surface area contributed by atoms with Gasteiger partial charge in [0, 0.05) is 18.2 Å². The van der Waals surface area contributed by atoms with E-state index in [1.54, 1.807) is 30.5 Å². The molecule has 0 spiro atoms. The Kier molecular flexibility index (Phi) is 4.93. The minimum atomic E-state index is -0.267. The molecule has 2 rings (SSSR count). The van der Waals surface area contributed by atoms with Crippen LogP contribution in [0.2, 0.25) is 0 Å². The molecule has 102 valence electrons. The fourth-order valence-corrected chi connectivity index (χ4v) is 1.49. The van der Waals surface area contributed by atoms with Crippen LogP contribution in [-0.2, 0) is 6.54 Å². The SMILES string of the molecule is O=C(NCc1ccco1)c1ccc(C#CCCO)cn1. The number of carbonyl (C=O) groups excluding carboxylic acids is 1. The van der Waals surface area contributed by atoms with Crippen molar-refractivity contribution in [3.8, 4) is 11.8 Å². The Labute approximate surface area is 116 Å². The van der Waals surface area contributed by atoms with Crippen molar-refractivity contribution < 1.29 is 14.3 Å². The molecule has 0 radical (unpaired) electrons. The predicted molar refractivity (Wildman–Crippen MR) is 72.7 cm³/mol. The first-order valence-electron chi connectivity index (χ1n) is 6.16. The van der Waals surface area contributed by atoms with Crippen LogP contribution in [0.5, 0.6) is 0 Å². The van der Waals surface area contributed by atoms with E-state index in [2.05, 4.69) is 22.1 Å². The monoisotopic (exact) mass is 270 g/mol. The molecular weight excluding hydrogens is 256 g/mol. The van der Waals surface area contributed by atoms with Gasteiger partial charge in [-0.2, -0.15) is 0 Å². The molecule has 2 heterocycles. The van der Waals surface area contributed by atoms with Gasteiger partial charge in [-0.05, 0) is 24.3 Å². The molecule has 0 saturated carbocycles. The van der Waals surface area contributed by atoms with Crippen LogP contribution in [0.4, 0.5) is 0 Å². The maximum Gasteiger partial charge on any atom is 0.270 e. The van der Waals surface area contributed by atoms with Gasteiger partial charge >= 0.3 is 0 Å². The third-order valence-electron chi connectivity index (χ3n) is 2.47. The molecule has 0 atom stereocenters. The van der Waals surface area contributed by atoms with Crippen molar-refractivity contribution in [2.75, 3.05) is 6.61 Å². The van der Waals surface area contributed by atoms with Crippen molar-refractivity contribution in [3.63, 3.8) is 0 Å². The lowest BCUT2D eigenvalue weighted by molar-refractivity contribution is 0.0943. The molecule has 0 bridgehead atoms. The number of carbonyl (C=O) groups is 1. The molecule has 0 unspecified atom stereocenters. The predicted octanol–water partition coefficient (Wildman–Crippen LogP) is 1.34. The van der Waals surface area contributed by atoms with E-state index in [-0.39, 0.29) is 12.5 Å². The molecule has 0 saturated heterocycles. The van der Waals surface area contributed by atoms with Gasteiger partial charge in [-0.25, -0.2) is 4.98 Å². The normalized spacial score (nSPS) is 9.65. The van der Waals surface area contributed by atoms with Crippen molar-refractivity contribution in [3.05, 3.63) is 53.7 Å². The van der Waals surface area contributed by atoms with Gasteiger partial charge in [-0.1, -0.05) is 11.8 Å². The van der Waals surface area contributed by atoms with E-state index >= 15 is 0 Å². The van der Waals surface area contributed by atoms with Crippen molar-refractivity contribution in [1.82, 2.24) is 10.3 Å². The van der Waals surface area contributed by atoms with E-state index in [4.69, 9.17) is 9.52 Å². The van der Waals surface area contributed by atoms with E-state index in [0.717, 1.165) is 0 Å². The highest BCUT2D eigenvalue weighted by Gasteiger charge is 2.07. The lowest BCUT2D eigenvalue weighted by Crippen LogP contribution is -2.23. The topological polar surface area (TPSA) is 75.4 Å². The van der Waals surface area contributed by atoms with Crippen molar-refractivity contribution >= 4 is 5.91 Å². The van der Waals surface area contributed by atoms with Crippen LogP contribution in [0.15, 0.2) is 41.1 Å². The highest BCUT2D eigenvalue weighted by atomic mass is 16.3. The molecule has 5 heteroatoms. The quantitative estimate of drug-likeness (QED) is 0.822. The lowest BCUT2D eigenvalue weighted by atomic mass is 10.2. The summed E-state index contributed by atoms with van der Waals surface area (Å²) in [6.45, 7) is 0.360. The summed E-state index contributed by atoms with van der Waals surface area (Å²) < 4.78 is 5.12. The molecule has 0 aliphatic carbocycles. The zero-order valence-electron chi connectivity index (χ0n) is 10.8. The Hall–Kier alpha value is -2.58. The van der Waals surface area contributed by atoms with Crippen LogP contribution in [0.25, 0.3) is 0 Å². The van der Waals surface area contributed by atoms with Gasteiger partial charge in [0.25, 0.3) is 5.91 Å². The second kappa shape index (κ2) is 7.12. The summed E-state index contributed by atoms with van der Waals surface area (Å²) in [5, 5.41) is 11.3. The third kappa shape index (κ3) is 3.97. The van der Waals surface area contributed by atoms with Crippen LogP contribution >= 0.6 is 0 Å². The van der Waals surface area contributed by atoms with Gasteiger partial charge < -0.3 is 14.8 Å². The second-order valence-corrected chi connectivity index (χ2v) is 3.97. The van der Waals surface area contributed by atoms with Crippen molar-refractivity contribution in [2.24, 2.45) is 0 Å². The van der Waals surface area contributed by atoms with Gasteiger partial charge in [-0.3, -0.25) is 4.79 Å². The zero-order valence-corrected chi connectivity index (χ0v) is 10.8. The molecule has 2 N–H and O–H groups in total. The minimum Gasteiger partial charge on any atom is -0.467 e. The van der Waals surface area contributed by atoms with Gasteiger partial charge in [0.2, 0.25) is 0 Å². The Balaban J connectivity index is 1.92. The lowest BCUT2D eigenvalue weighted by Gasteiger charge is -2.02. The number of rotatable bonds is 4. The summed E-state index contributed by atoms with van der Waals surface area (Å²) in [4.78, 5) is 15.9. The molecule has 2 aromatic rings. The number of aliphatic hydroxyl groups is 1. The molecule has 20 heavy (non-hydrogen) atoms. The van der Waals surface area contributed by atoms with E-state index in [9.17, 15) is 4.79 Å². The van der Waals surface area contributed by atoms with Crippen LogP contribution in [0.1, 0.15) is 28.2 Å². The number of furan rings is 1. The summed E-state index contributed by atoms with van der Waals surface area (Å²) in [6.07, 6.45) is 3.51. The number of nitrogens with zero attached hydrogens (tertiary/aromatic N) is 1. The Morgan fingerprint density at radius 3 is 2.95 bits per heavy atom. The average Bonchev–Trinajstić information content (AvgIpc) is 2.99. The minimum absolute atomic E-state index is 0.0354. The molecule has 5 nitrogen and oxygen atoms in total. The number of aromatic nitrogens is 1. The second-order valence-electron chi connectivity index (χ2n) is 3.97. The molecular formula is C15H14N2O3. The number of hydrogen-bond donors (Lipinski definition) is 2. The number of aliphatic hydroxyl groups excluding tert-OH is 1. The maximum absolute atomic E-state index is 11.8. The average molecular weight is 270 g/mol. The molecule has 0 aliphatic heterocycles. The van der Waals surface area contributed by atoms with Gasteiger partial charge in [0.1, 0.15) is 11.5 Å². The van der Waals surface area contributed by atoms with Crippen LogP contribution in [0.3, 0.4) is 0 Å². The maximum atomic E-state index is 11.8. The largest absolute Gasteiger partial charge is 0.467 e. The van der Waals surface area contributed by atoms with Crippen LogP contribution in [0, 0.1) is 11.8 Å². The van der Waals surface area contributed by atoms with Gasteiger partial charge in [-0.15, -0.1) is 0 Å². The number of pyridine rings is 1. The molecule has 0 fully saturated rings. The first kappa shape index (κ1) is 13.8. The van der Waals surface area contributed by atoms with Gasteiger partial charge in [0.15, 0.2) is 0 Å². The molecule has 0 aromatic carbocycles. The number of amides is 1. The number of nitrogens with one attached hydrogen (secondary N) is 1. The van der Waals surface area contributed by atoms with Gasteiger partial charge in [0.05, 0.1) is 19.4 Å². The summed E-state index contributed by atoms with van der Waals surface area (Å²) in [6, 6.07) is 6.88. The van der Waals surface area contributed by atoms with Crippen molar-refractivity contribution in [1.29, 1.82) is 0 Å².